The average molecular weight is 494 g/mol. The van der Waals surface area contributed by atoms with Gasteiger partial charge in [-0.3, -0.25) is 4.79 Å². The molecule has 0 aromatic heterocycles. The number of carbonyl (C=O) groups excluding carboxylic acids is 1. The monoisotopic (exact) mass is 493 g/mol. The molecule has 0 radical (unpaired) electrons. The predicted molar refractivity (Wildman–Crippen MR) is 144 cm³/mol. The molecule has 3 aromatic carbocycles. The van der Waals surface area contributed by atoms with Crippen LogP contribution in [0, 0.1) is 13.8 Å². The first-order chi connectivity index (χ1) is 16.2. The maximum absolute atomic E-state index is 12.9. The van der Waals surface area contributed by atoms with Gasteiger partial charge in [-0.05, 0) is 80.5 Å². The predicted octanol–water partition coefficient (Wildman–Crippen LogP) is 6.32. The molecule has 0 spiro atoms. The number of amides is 1. The molecular weight excluding hydrogens is 466 g/mol. The zero-order chi connectivity index (χ0) is 24.7. The largest absolute Gasteiger partial charge is 0.478 e. The first-order valence-electron chi connectivity index (χ1n) is 10.8. The van der Waals surface area contributed by atoms with Crippen molar-refractivity contribution in [1.82, 2.24) is 0 Å². The number of rotatable bonds is 8. The highest BCUT2D eigenvalue weighted by Crippen LogP contribution is 2.29. The summed E-state index contributed by atoms with van der Waals surface area (Å²) in [6, 6.07) is 20.4. The van der Waals surface area contributed by atoms with Crippen LogP contribution in [-0.2, 0) is 4.79 Å². The van der Waals surface area contributed by atoms with Crippen LogP contribution in [0.5, 0.6) is 0 Å². The van der Waals surface area contributed by atoms with E-state index in [0.29, 0.717) is 17.2 Å². The molecule has 0 saturated heterocycles. The van der Waals surface area contributed by atoms with Crippen LogP contribution in [0.3, 0.4) is 0 Å². The molecule has 0 bridgehead atoms. The molecule has 3 aromatic rings. The molecule has 4 N–H and O–H groups in total. The Morgan fingerprint density at radius 2 is 1.65 bits per heavy atom. The maximum atomic E-state index is 12.9. The number of hydrogen-bond donors (Lipinski definition) is 4. The fourth-order valence-electron chi connectivity index (χ4n) is 3.17. The summed E-state index contributed by atoms with van der Waals surface area (Å²) in [5, 5.41) is 18.6. The number of nitrogens with one attached hydrogen (secondary N) is 3. The summed E-state index contributed by atoms with van der Waals surface area (Å²) in [7, 11) is 0. The van der Waals surface area contributed by atoms with E-state index in [1.807, 2.05) is 69.3 Å². The maximum Gasteiger partial charge on any atom is 0.335 e. The number of carboxylic acid groups (broad SMARTS) is 1. The standard InChI is InChI=1S/C26H27N3O3S2/c1-4-23(24(30)29-22-14-18(25(31)32)11-10-17(22)3)34-21-7-5-6-20(15-21)28-26(33)27-19-12-8-16(2)9-13-19/h5-15,23H,4H2,1-3H3,(H,29,30)(H,31,32)(H2,27,28,33). The van der Waals surface area contributed by atoms with Gasteiger partial charge >= 0.3 is 5.97 Å². The number of benzene rings is 3. The van der Waals surface area contributed by atoms with Crippen molar-refractivity contribution in [3.63, 3.8) is 0 Å². The first-order valence-corrected chi connectivity index (χ1v) is 12.1. The Hall–Kier alpha value is -3.36. The van der Waals surface area contributed by atoms with E-state index in [9.17, 15) is 14.7 Å². The summed E-state index contributed by atoms with van der Waals surface area (Å²) in [6.45, 7) is 5.81. The molecule has 1 amide bonds. The third-order valence-electron chi connectivity index (χ3n) is 5.09. The van der Waals surface area contributed by atoms with Crippen LogP contribution in [-0.4, -0.2) is 27.3 Å². The lowest BCUT2D eigenvalue weighted by Gasteiger charge is -2.17. The number of carbonyl (C=O) groups is 2. The van der Waals surface area contributed by atoms with Gasteiger partial charge < -0.3 is 21.1 Å². The number of hydrogen-bond acceptors (Lipinski definition) is 4. The topological polar surface area (TPSA) is 90.5 Å². The van der Waals surface area contributed by atoms with Crippen LogP contribution < -0.4 is 16.0 Å². The fraction of sp³-hybridized carbons (Fsp3) is 0.192. The third kappa shape index (κ3) is 7.07. The van der Waals surface area contributed by atoms with Gasteiger partial charge in [0.25, 0.3) is 0 Å². The van der Waals surface area contributed by atoms with Crippen LogP contribution >= 0.6 is 24.0 Å². The zero-order valence-electron chi connectivity index (χ0n) is 19.2. The Morgan fingerprint density at radius 1 is 0.941 bits per heavy atom. The van der Waals surface area contributed by atoms with Crippen LogP contribution in [0.15, 0.2) is 71.6 Å². The number of thioether (sulfide) groups is 1. The van der Waals surface area contributed by atoms with Gasteiger partial charge in [-0.2, -0.15) is 0 Å². The zero-order valence-corrected chi connectivity index (χ0v) is 20.8. The molecule has 0 aliphatic heterocycles. The Morgan fingerprint density at radius 3 is 2.32 bits per heavy atom. The minimum Gasteiger partial charge on any atom is -0.478 e. The third-order valence-corrected chi connectivity index (χ3v) is 6.65. The lowest BCUT2D eigenvalue weighted by molar-refractivity contribution is -0.115. The van der Waals surface area contributed by atoms with E-state index in [0.717, 1.165) is 21.8 Å². The smallest absolute Gasteiger partial charge is 0.335 e. The second-order valence-electron chi connectivity index (χ2n) is 7.81. The van der Waals surface area contributed by atoms with Crippen LogP contribution in [0.1, 0.15) is 34.8 Å². The Balaban J connectivity index is 1.64. The number of anilines is 3. The van der Waals surface area contributed by atoms with Gasteiger partial charge in [0.15, 0.2) is 5.11 Å². The molecule has 1 unspecified atom stereocenters. The lowest BCUT2D eigenvalue weighted by Crippen LogP contribution is -2.25. The molecule has 176 valence electrons. The molecule has 0 saturated carbocycles. The van der Waals surface area contributed by atoms with Gasteiger partial charge in [-0.15, -0.1) is 11.8 Å². The van der Waals surface area contributed by atoms with E-state index in [1.54, 1.807) is 6.07 Å². The van der Waals surface area contributed by atoms with Crippen molar-refractivity contribution < 1.29 is 14.7 Å². The van der Waals surface area contributed by atoms with Crippen molar-refractivity contribution in [3.05, 3.63) is 83.4 Å². The Labute approximate surface area is 209 Å². The average Bonchev–Trinajstić information content (AvgIpc) is 2.80. The summed E-state index contributed by atoms with van der Waals surface area (Å²) in [5.74, 6) is -1.20. The molecule has 6 nitrogen and oxygen atoms in total. The molecule has 0 fully saturated rings. The van der Waals surface area contributed by atoms with E-state index in [4.69, 9.17) is 12.2 Å². The van der Waals surface area contributed by atoms with Gasteiger partial charge in [0.05, 0.1) is 10.8 Å². The number of thiocarbonyl (C=S) groups is 1. The van der Waals surface area contributed by atoms with E-state index < -0.39 is 5.97 Å². The fourth-order valence-corrected chi connectivity index (χ4v) is 4.42. The van der Waals surface area contributed by atoms with Crippen LogP contribution in [0.4, 0.5) is 17.1 Å². The van der Waals surface area contributed by atoms with Crippen molar-refractivity contribution in [2.24, 2.45) is 0 Å². The van der Waals surface area contributed by atoms with Crippen LogP contribution in [0.2, 0.25) is 0 Å². The van der Waals surface area contributed by atoms with Crippen LogP contribution in [0.25, 0.3) is 0 Å². The molecular formula is C26H27N3O3S2. The first kappa shape index (κ1) is 25.3. The van der Waals surface area contributed by atoms with Gasteiger partial charge in [-0.25, -0.2) is 4.79 Å². The van der Waals surface area contributed by atoms with Crippen molar-refractivity contribution in [2.45, 2.75) is 37.3 Å². The second-order valence-corrected chi connectivity index (χ2v) is 9.50. The summed E-state index contributed by atoms with van der Waals surface area (Å²) in [6.07, 6.45) is 0.610. The number of carboxylic acids is 1. The molecule has 0 aliphatic rings. The Kier molecular flexibility index (Phi) is 8.67. The second kappa shape index (κ2) is 11.7. The minimum absolute atomic E-state index is 0.135. The summed E-state index contributed by atoms with van der Waals surface area (Å²) < 4.78 is 0. The highest BCUT2D eigenvalue weighted by Gasteiger charge is 2.19. The van der Waals surface area contributed by atoms with Crippen molar-refractivity contribution >= 4 is 58.0 Å². The molecule has 3 rings (SSSR count). The summed E-state index contributed by atoms with van der Waals surface area (Å²) in [5.41, 5.74) is 4.34. The molecule has 1 atom stereocenters. The summed E-state index contributed by atoms with van der Waals surface area (Å²) in [4.78, 5) is 25.1. The van der Waals surface area contributed by atoms with E-state index in [-0.39, 0.29) is 16.7 Å². The van der Waals surface area contributed by atoms with Gasteiger partial charge in [0.1, 0.15) is 0 Å². The summed E-state index contributed by atoms with van der Waals surface area (Å²) >= 11 is 6.87. The normalized spacial score (nSPS) is 11.4. The highest BCUT2D eigenvalue weighted by atomic mass is 32.2. The van der Waals surface area contributed by atoms with E-state index in [2.05, 4.69) is 16.0 Å². The minimum atomic E-state index is -1.03. The number of aryl methyl sites for hydroxylation is 2. The molecule has 0 aliphatic carbocycles. The van der Waals surface area contributed by atoms with E-state index >= 15 is 0 Å². The molecule has 0 heterocycles. The SMILES string of the molecule is CCC(Sc1cccc(NC(=S)Nc2ccc(C)cc2)c1)C(=O)Nc1cc(C(=O)O)ccc1C. The van der Waals surface area contributed by atoms with Crippen molar-refractivity contribution in [1.29, 1.82) is 0 Å². The van der Waals surface area contributed by atoms with Crippen molar-refractivity contribution in [2.75, 3.05) is 16.0 Å². The van der Waals surface area contributed by atoms with Gasteiger partial charge in [-0.1, -0.05) is 36.8 Å². The quantitative estimate of drug-likeness (QED) is 0.216. The van der Waals surface area contributed by atoms with Crippen molar-refractivity contribution in [3.8, 4) is 0 Å². The van der Waals surface area contributed by atoms with E-state index in [1.165, 1.54) is 29.5 Å². The van der Waals surface area contributed by atoms with Gasteiger partial charge in [0.2, 0.25) is 5.91 Å². The Bertz CT molecular complexity index is 1200. The lowest BCUT2D eigenvalue weighted by atomic mass is 10.1. The molecule has 34 heavy (non-hydrogen) atoms. The number of aromatic carboxylic acids is 1. The molecule has 8 heteroatoms. The highest BCUT2D eigenvalue weighted by molar-refractivity contribution is 8.00. The van der Waals surface area contributed by atoms with Gasteiger partial charge in [0, 0.05) is 22.0 Å².